The van der Waals surface area contributed by atoms with Crippen molar-refractivity contribution < 1.29 is 4.74 Å². The Kier molecular flexibility index (Phi) is 4.95. The molecule has 2 unspecified atom stereocenters. The molecule has 1 aromatic heterocycles. The summed E-state index contributed by atoms with van der Waals surface area (Å²) in [5.74, 6) is 1.23. The lowest BCUT2D eigenvalue weighted by atomic mass is 10.0. The van der Waals surface area contributed by atoms with Gasteiger partial charge in [0.25, 0.3) is 0 Å². The molecule has 0 bridgehead atoms. The zero-order valence-electron chi connectivity index (χ0n) is 12.2. The van der Waals surface area contributed by atoms with E-state index in [1.165, 1.54) is 0 Å². The average Bonchev–Trinajstić information content (AvgIpc) is 2.76. The quantitative estimate of drug-likeness (QED) is 0.739. The SMILES string of the molecule is COCC(C(C)C)n1c(C(C)Cl)nc2cccc(Cl)c21. The predicted molar refractivity (Wildman–Crippen MR) is 84.8 cm³/mol. The van der Waals surface area contributed by atoms with Gasteiger partial charge in [0.15, 0.2) is 0 Å². The number of hydrogen-bond acceptors (Lipinski definition) is 2. The van der Waals surface area contributed by atoms with E-state index in [-0.39, 0.29) is 11.4 Å². The molecule has 0 N–H and O–H groups in total. The molecule has 3 nitrogen and oxygen atoms in total. The number of aromatic nitrogens is 2. The van der Waals surface area contributed by atoms with Crippen LogP contribution < -0.4 is 0 Å². The van der Waals surface area contributed by atoms with Gasteiger partial charge >= 0.3 is 0 Å². The molecule has 2 rings (SSSR count). The number of fused-ring (bicyclic) bond motifs is 1. The van der Waals surface area contributed by atoms with Crippen molar-refractivity contribution in [1.29, 1.82) is 0 Å². The standard InChI is InChI=1S/C15H20Cl2N2O/c1-9(2)13(8-20-4)19-14-11(17)6-5-7-12(14)18-15(19)10(3)16/h5-7,9-10,13H,8H2,1-4H3. The van der Waals surface area contributed by atoms with E-state index in [1.807, 2.05) is 25.1 Å². The molecule has 0 fully saturated rings. The van der Waals surface area contributed by atoms with E-state index >= 15 is 0 Å². The fourth-order valence-electron chi connectivity index (χ4n) is 2.48. The summed E-state index contributed by atoms with van der Waals surface area (Å²) < 4.78 is 7.52. The number of benzene rings is 1. The van der Waals surface area contributed by atoms with Crippen LogP contribution in [0.3, 0.4) is 0 Å². The summed E-state index contributed by atoms with van der Waals surface area (Å²) in [5, 5.41) is 0.511. The van der Waals surface area contributed by atoms with Crippen molar-refractivity contribution in [2.24, 2.45) is 5.92 Å². The molecule has 20 heavy (non-hydrogen) atoms. The number of alkyl halides is 1. The summed E-state index contributed by atoms with van der Waals surface area (Å²) in [6.07, 6.45) is 0. The van der Waals surface area contributed by atoms with Crippen molar-refractivity contribution in [3.8, 4) is 0 Å². The number of ether oxygens (including phenoxy) is 1. The van der Waals surface area contributed by atoms with Gasteiger partial charge in [0.1, 0.15) is 5.82 Å². The fourth-order valence-corrected chi connectivity index (χ4v) is 2.89. The normalized spacial score (nSPS) is 14.9. The highest BCUT2D eigenvalue weighted by atomic mass is 35.5. The Bertz CT molecular complexity index is 593. The molecule has 5 heteroatoms. The zero-order valence-corrected chi connectivity index (χ0v) is 13.7. The van der Waals surface area contributed by atoms with Crippen molar-refractivity contribution in [1.82, 2.24) is 9.55 Å². The number of methoxy groups -OCH3 is 1. The van der Waals surface area contributed by atoms with Crippen LogP contribution >= 0.6 is 23.2 Å². The molecular weight excluding hydrogens is 295 g/mol. The van der Waals surface area contributed by atoms with Crippen LogP contribution in [0.1, 0.15) is 38.0 Å². The van der Waals surface area contributed by atoms with Gasteiger partial charge in [-0.1, -0.05) is 31.5 Å². The molecule has 0 amide bonds. The summed E-state index contributed by atoms with van der Waals surface area (Å²) in [7, 11) is 1.71. The lowest BCUT2D eigenvalue weighted by molar-refractivity contribution is 0.133. The molecule has 1 aromatic carbocycles. The third-order valence-electron chi connectivity index (χ3n) is 3.48. The van der Waals surface area contributed by atoms with Crippen molar-refractivity contribution >= 4 is 34.2 Å². The Hall–Kier alpha value is -0.770. The van der Waals surface area contributed by atoms with Crippen molar-refractivity contribution in [2.75, 3.05) is 13.7 Å². The van der Waals surface area contributed by atoms with Crippen LogP contribution in [0.15, 0.2) is 18.2 Å². The molecule has 0 aliphatic carbocycles. The van der Waals surface area contributed by atoms with Crippen LogP contribution in [0, 0.1) is 5.92 Å². The highest BCUT2D eigenvalue weighted by molar-refractivity contribution is 6.35. The largest absolute Gasteiger partial charge is 0.383 e. The maximum atomic E-state index is 6.38. The Balaban J connectivity index is 2.72. The minimum Gasteiger partial charge on any atom is -0.383 e. The minimum absolute atomic E-state index is 0.154. The van der Waals surface area contributed by atoms with E-state index in [2.05, 4.69) is 23.4 Å². The van der Waals surface area contributed by atoms with Crippen molar-refractivity contribution in [3.63, 3.8) is 0 Å². The summed E-state index contributed by atoms with van der Waals surface area (Å²) in [4.78, 5) is 4.65. The van der Waals surface area contributed by atoms with Crippen LogP contribution in [0.25, 0.3) is 11.0 Å². The number of halogens is 2. The molecule has 1 heterocycles. The molecule has 110 valence electrons. The van der Waals surface area contributed by atoms with Gasteiger partial charge in [-0.05, 0) is 25.0 Å². The smallest absolute Gasteiger partial charge is 0.128 e. The van der Waals surface area contributed by atoms with Crippen molar-refractivity contribution in [2.45, 2.75) is 32.2 Å². The Morgan fingerprint density at radius 3 is 2.55 bits per heavy atom. The first kappa shape index (κ1) is 15.6. The molecule has 2 aromatic rings. The monoisotopic (exact) mass is 314 g/mol. The highest BCUT2D eigenvalue weighted by Gasteiger charge is 2.25. The maximum Gasteiger partial charge on any atom is 0.128 e. The molecular formula is C15H20Cl2N2O. The van der Waals surface area contributed by atoms with Gasteiger partial charge in [-0.25, -0.2) is 4.98 Å². The Morgan fingerprint density at radius 2 is 2.00 bits per heavy atom. The van der Waals surface area contributed by atoms with E-state index in [9.17, 15) is 0 Å². The number of rotatable bonds is 5. The maximum absolute atomic E-state index is 6.38. The number of nitrogens with zero attached hydrogens (tertiary/aromatic N) is 2. The van der Waals surface area contributed by atoms with Crippen LogP contribution in [0.5, 0.6) is 0 Å². The molecule has 0 aliphatic heterocycles. The first-order valence-electron chi connectivity index (χ1n) is 6.76. The molecule has 2 atom stereocenters. The second kappa shape index (κ2) is 6.33. The second-order valence-electron chi connectivity index (χ2n) is 5.33. The topological polar surface area (TPSA) is 27.1 Å². The molecule has 0 aliphatic rings. The number of para-hydroxylation sites is 1. The molecule has 0 saturated carbocycles. The highest BCUT2D eigenvalue weighted by Crippen LogP contribution is 2.34. The van der Waals surface area contributed by atoms with Crippen LogP contribution in [0.4, 0.5) is 0 Å². The Labute approximate surface area is 129 Å². The summed E-state index contributed by atoms with van der Waals surface area (Å²) in [6, 6.07) is 5.91. The van der Waals surface area contributed by atoms with Gasteiger partial charge in [0.2, 0.25) is 0 Å². The van der Waals surface area contributed by atoms with Gasteiger partial charge in [-0.2, -0.15) is 0 Å². The molecule has 0 spiro atoms. The van der Waals surface area contributed by atoms with Gasteiger partial charge in [-0.15, -0.1) is 11.6 Å². The van der Waals surface area contributed by atoms with E-state index < -0.39 is 0 Å². The van der Waals surface area contributed by atoms with Gasteiger partial charge in [-0.3, -0.25) is 0 Å². The number of imidazole rings is 1. The molecule has 0 radical (unpaired) electrons. The van der Waals surface area contributed by atoms with Crippen LogP contribution in [-0.4, -0.2) is 23.3 Å². The van der Waals surface area contributed by atoms with E-state index in [0.29, 0.717) is 17.5 Å². The predicted octanol–water partition coefficient (Wildman–Crippen LogP) is 4.83. The van der Waals surface area contributed by atoms with Gasteiger partial charge < -0.3 is 9.30 Å². The zero-order chi connectivity index (χ0) is 14.9. The van der Waals surface area contributed by atoms with Crippen LogP contribution in [-0.2, 0) is 4.74 Å². The van der Waals surface area contributed by atoms with E-state index in [1.54, 1.807) is 7.11 Å². The van der Waals surface area contributed by atoms with E-state index in [0.717, 1.165) is 16.9 Å². The third kappa shape index (κ3) is 2.80. The van der Waals surface area contributed by atoms with Crippen LogP contribution in [0.2, 0.25) is 5.02 Å². The summed E-state index contributed by atoms with van der Waals surface area (Å²) in [6.45, 7) is 6.85. The third-order valence-corrected chi connectivity index (χ3v) is 3.98. The minimum atomic E-state index is -0.184. The van der Waals surface area contributed by atoms with E-state index in [4.69, 9.17) is 27.9 Å². The molecule has 0 saturated heterocycles. The average molecular weight is 315 g/mol. The second-order valence-corrected chi connectivity index (χ2v) is 6.39. The lowest BCUT2D eigenvalue weighted by Gasteiger charge is -2.25. The van der Waals surface area contributed by atoms with Gasteiger partial charge in [0, 0.05) is 7.11 Å². The number of hydrogen-bond donors (Lipinski definition) is 0. The Morgan fingerprint density at radius 1 is 1.30 bits per heavy atom. The first-order chi connectivity index (χ1) is 9.47. The van der Waals surface area contributed by atoms with Gasteiger partial charge in [0.05, 0.1) is 34.1 Å². The summed E-state index contributed by atoms with van der Waals surface area (Å²) >= 11 is 12.7. The van der Waals surface area contributed by atoms with Crippen molar-refractivity contribution in [3.05, 3.63) is 29.0 Å². The lowest BCUT2D eigenvalue weighted by Crippen LogP contribution is -2.22. The first-order valence-corrected chi connectivity index (χ1v) is 7.58. The fraction of sp³-hybridized carbons (Fsp3) is 0.533. The summed E-state index contributed by atoms with van der Waals surface area (Å²) in [5.41, 5.74) is 1.81.